The van der Waals surface area contributed by atoms with Crippen molar-refractivity contribution in [3.8, 4) is 0 Å². The molecule has 20 heavy (non-hydrogen) atoms. The van der Waals surface area contributed by atoms with Crippen molar-refractivity contribution in [3.63, 3.8) is 0 Å². The van der Waals surface area contributed by atoms with Crippen LogP contribution in [0.3, 0.4) is 0 Å². The van der Waals surface area contributed by atoms with Gasteiger partial charge < -0.3 is 14.7 Å². The highest BCUT2D eigenvalue weighted by Crippen LogP contribution is 2.25. The van der Waals surface area contributed by atoms with Gasteiger partial charge in [-0.1, -0.05) is 6.07 Å². The van der Waals surface area contributed by atoms with Crippen LogP contribution in [0.1, 0.15) is 5.56 Å². The number of imidazole rings is 1. The molecule has 1 aromatic carbocycles. The molecule has 2 N–H and O–H groups in total. The zero-order chi connectivity index (χ0) is 14.3. The Bertz CT molecular complexity index is 864. The summed E-state index contributed by atoms with van der Waals surface area (Å²) >= 11 is 0. The van der Waals surface area contributed by atoms with Crippen LogP contribution in [0.15, 0.2) is 46.1 Å². The Morgan fingerprint density at radius 3 is 2.80 bits per heavy atom. The Kier molecular flexibility index (Phi) is 2.79. The summed E-state index contributed by atoms with van der Waals surface area (Å²) in [5.41, 5.74) is 7.93. The number of nitrogens with two attached hydrogens (primary N) is 1. The fourth-order valence-electron chi connectivity index (χ4n) is 2.17. The number of benzene rings is 1. The predicted octanol–water partition coefficient (Wildman–Crippen LogP) is 1.66. The maximum absolute atomic E-state index is 11.8. The molecule has 2 aromatic heterocycles. The smallest absolute Gasteiger partial charge is 0.201 e. The molecular weight excluding hydrogens is 278 g/mol. The van der Waals surface area contributed by atoms with Crippen LogP contribution < -0.4 is 5.73 Å². The van der Waals surface area contributed by atoms with Crippen LogP contribution in [0.5, 0.6) is 0 Å². The first-order valence-electron chi connectivity index (χ1n) is 5.92. The van der Waals surface area contributed by atoms with E-state index in [9.17, 15) is 8.42 Å². The van der Waals surface area contributed by atoms with Gasteiger partial charge in [0.1, 0.15) is 5.52 Å². The molecule has 0 spiro atoms. The lowest BCUT2D eigenvalue weighted by Gasteiger charge is -2.04. The van der Waals surface area contributed by atoms with Crippen LogP contribution in [0.2, 0.25) is 0 Å². The zero-order valence-electron chi connectivity index (χ0n) is 10.8. The summed E-state index contributed by atoms with van der Waals surface area (Å²) in [6.07, 6.45) is 4.35. The minimum atomic E-state index is -3.34. The van der Waals surface area contributed by atoms with Gasteiger partial charge in [-0.2, -0.15) is 0 Å². The van der Waals surface area contributed by atoms with Gasteiger partial charge in [0.15, 0.2) is 9.84 Å². The van der Waals surface area contributed by atoms with Crippen molar-refractivity contribution >= 4 is 26.8 Å². The maximum atomic E-state index is 11.8. The molecule has 0 bridgehead atoms. The lowest BCUT2D eigenvalue weighted by atomic mass is 10.3. The van der Waals surface area contributed by atoms with Crippen molar-refractivity contribution in [2.24, 2.45) is 0 Å². The highest BCUT2D eigenvalue weighted by molar-refractivity contribution is 7.91. The minimum Gasteiger partial charge on any atom is -0.472 e. The Morgan fingerprint density at radius 2 is 2.15 bits per heavy atom. The zero-order valence-corrected chi connectivity index (χ0v) is 11.6. The summed E-state index contributed by atoms with van der Waals surface area (Å²) in [6, 6.07) is 6.84. The first-order chi connectivity index (χ1) is 9.47. The third-order valence-electron chi connectivity index (χ3n) is 3.09. The maximum Gasteiger partial charge on any atom is 0.201 e. The third-order valence-corrected chi connectivity index (χ3v) is 4.22. The number of rotatable bonds is 3. The predicted molar refractivity (Wildman–Crippen MR) is 75.1 cm³/mol. The molecule has 104 valence electrons. The molecule has 0 aliphatic heterocycles. The van der Waals surface area contributed by atoms with E-state index in [1.807, 2.05) is 6.07 Å². The SMILES string of the molecule is CS(=O)(=O)c1cccc2c1nc(N)n2Cc1ccoc1. The second-order valence-electron chi connectivity index (χ2n) is 4.58. The van der Waals surface area contributed by atoms with Gasteiger partial charge in [0, 0.05) is 11.8 Å². The Labute approximate surface area is 115 Å². The Hall–Kier alpha value is -2.28. The Balaban J connectivity index is 2.22. The van der Waals surface area contributed by atoms with E-state index >= 15 is 0 Å². The molecule has 0 radical (unpaired) electrons. The lowest BCUT2D eigenvalue weighted by Crippen LogP contribution is -2.03. The fourth-order valence-corrected chi connectivity index (χ4v) is 3.00. The van der Waals surface area contributed by atoms with Gasteiger partial charge in [0.25, 0.3) is 0 Å². The summed E-state index contributed by atoms with van der Waals surface area (Å²) in [7, 11) is -3.34. The molecule has 0 aliphatic carbocycles. The van der Waals surface area contributed by atoms with Gasteiger partial charge in [-0.3, -0.25) is 0 Å². The highest BCUT2D eigenvalue weighted by atomic mass is 32.2. The van der Waals surface area contributed by atoms with Crippen molar-refractivity contribution in [3.05, 3.63) is 42.4 Å². The number of para-hydroxylation sites is 1. The van der Waals surface area contributed by atoms with Crippen molar-refractivity contribution in [2.75, 3.05) is 12.0 Å². The van der Waals surface area contributed by atoms with Crippen molar-refractivity contribution in [1.82, 2.24) is 9.55 Å². The van der Waals surface area contributed by atoms with E-state index < -0.39 is 9.84 Å². The van der Waals surface area contributed by atoms with E-state index in [1.165, 1.54) is 6.07 Å². The second kappa shape index (κ2) is 4.38. The van der Waals surface area contributed by atoms with Gasteiger partial charge >= 0.3 is 0 Å². The fraction of sp³-hybridized carbons (Fsp3) is 0.154. The molecular formula is C13H13N3O3S. The van der Waals surface area contributed by atoms with Crippen LogP contribution in [0, 0.1) is 0 Å². The number of hydrogen-bond acceptors (Lipinski definition) is 5. The molecule has 3 aromatic rings. The molecule has 7 heteroatoms. The quantitative estimate of drug-likeness (QED) is 0.792. The molecule has 0 saturated carbocycles. The first-order valence-corrected chi connectivity index (χ1v) is 7.82. The lowest BCUT2D eigenvalue weighted by molar-refractivity contribution is 0.562. The van der Waals surface area contributed by atoms with Crippen LogP contribution >= 0.6 is 0 Å². The average Bonchev–Trinajstić information content (AvgIpc) is 2.97. The van der Waals surface area contributed by atoms with Crippen LogP contribution in [-0.2, 0) is 16.4 Å². The molecule has 0 saturated heterocycles. The standard InChI is InChI=1S/C13H13N3O3S/c1-20(17,18)11-4-2-3-10-12(11)15-13(14)16(10)7-9-5-6-19-8-9/h2-6,8H,7H2,1H3,(H2,14,15). The van der Waals surface area contributed by atoms with E-state index in [0.717, 1.165) is 11.8 Å². The molecule has 6 nitrogen and oxygen atoms in total. The minimum absolute atomic E-state index is 0.188. The summed E-state index contributed by atoms with van der Waals surface area (Å²) in [6.45, 7) is 0.478. The molecule has 3 rings (SSSR count). The van der Waals surface area contributed by atoms with E-state index in [2.05, 4.69) is 4.98 Å². The summed E-state index contributed by atoms with van der Waals surface area (Å²) in [4.78, 5) is 4.38. The summed E-state index contributed by atoms with van der Waals surface area (Å²) < 4.78 is 30.3. The molecule has 0 fully saturated rings. The first kappa shape index (κ1) is 12.7. The summed E-state index contributed by atoms with van der Waals surface area (Å²) in [5, 5.41) is 0. The number of furan rings is 1. The van der Waals surface area contributed by atoms with Crippen LogP contribution in [-0.4, -0.2) is 24.2 Å². The molecule has 2 heterocycles. The molecule has 0 atom stereocenters. The Morgan fingerprint density at radius 1 is 1.35 bits per heavy atom. The normalized spacial score (nSPS) is 12.1. The second-order valence-corrected chi connectivity index (χ2v) is 6.57. The average molecular weight is 291 g/mol. The largest absolute Gasteiger partial charge is 0.472 e. The topological polar surface area (TPSA) is 91.1 Å². The number of nitrogens with zero attached hydrogens (tertiary/aromatic N) is 2. The van der Waals surface area contributed by atoms with Gasteiger partial charge in [-0.05, 0) is 18.2 Å². The number of aromatic nitrogens is 2. The van der Waals surface area contributed by atoms with E-state index in [4.69, 9.17) is 10.2 Å². The highest BCUT2D eigenvalue weighted by Gasteiger charge is 2.17. The van der Waals surface area contributed by atoms with E-state index in [-0.39, 0.29) is 10.8 Å². The number of hydrogen-bond donors (Lipinski definition) is 1. The molecule has 0 amide bonds. The number of anilines is 1. The molecule has 0 unspecified atom stereocenters. The van der Waals surface area contributed by atoms with Crippen molar-refractivity contribution in [2.45, 2.75) is 11.4 Å². The monoisotopic (exact) mass is 291 g/mol. The van der Waals surface area contributed by atoms with Gasteiger partial charge in [0.05, 0.1) is 29.5 Å². The van der Waals surface area contributed by atoms with Crippen molar-refractivity contribution in [1.29, 1.82) is 0 Å². The van der Waals surface area contributed by atoms with E-state index in [0.29, 0.717) is 17.6 Å². The number of sulfone groups is 1. The van der Waals surface area contributed by atoms with Crippen LogP contribution in [0.25, 0.3) is 11.0 Å². The van der Waals surface area contributed by atoms with Crippen LogP contribution in [0.4, 0.5) is 5.95 Å². The number of fused-ring (bicyclic) bond motifs is 1. The third kappa shape index (κ3) is 2.05. The van der Waals surface area contributed by atoms with Gasteiger partial charge in [-0.25, -0.2) is 13.4 Å². The van der Waals surface area contributed by atoms with Crippen molar-refractivity contribution < 1.29 is 12.8 Å². The summed E-state index contributed by atoms with van der Waals surface area (Å²) in [5.74, 6) is 0.275. The van der Waals surface area contributed by atoms with Gasteiger partial charge in [0.2, 0.25) is 5.95 Å². The number of nitrogen functional groups attached to an aromatic ring is 1. The van der Waals surface area contributed by atoms with E-state index in [1.54, 1.807) is 29.2 Å². The van der Waals surface area contributed by atoms with Gasteiger partial charge in [-0.15, -0.1) is 0 Å². The molecule has 0 aliphatic rings.